The van der Waals surface area contributed by atoms with Crippen LogP contribution in [0.25, 0.3) is 0 Å². The van der Waals surface area contributed by atoms with Crippen molar-refractivity contribution in [3.05, 3.63) is 23.8 Å². The molecule has 0 spiro atoms. The summed E-state index contributed by atoms with van der Waals surface area (Å²) in [5.41, 5.74) is 1.69. The van der Waals surface area contributed by atoms with Crippen molar-refractivity contribution in [2.75, 3.05) is 12.4 Å². The number of benzene rings is 1. The first-order valence-electron chi connectivity index (χ1n) is 6.03. The predicted molar refractivity (Wildman–Crippen MR) is 68.2 cm³/mol. The van der Waals surface area contributed by atoms with Crippen molar-refractivity contribution in [3.8, 4) is 11.8 Å². The van der Waals surface area contributed by atoms with Crippen LogP contribution in [-0.2, 0) is 0 Å². The van der Waals surface area contributed by atoms with E-state index in [1.807, 2.05) is 12.1 Å². The molecule has 0 atom stereocenters. The van der Waals surface area contributed by atoms with E-state index < -0.39 is 0 Å². The number of methoxy groups -OCH3 is 1. The number of rotatable bonds is 3. The van der Waals surface area contributed by atoms with E-state index in [9.17, 15) is 0 Å². The zero-order valence-electron chi connectivity index (χ0n) is 10.4. The average Bonchev–Trinajstić information content (AvgIpc) is 2.75. The summed E-state index contributed by atoms with van der Waals surface area (Å²) in [6, 6.07) is 7.75. The third-order valence-electron chi connectivity index (χ3n) is 3.49. The number of anilines is 1. The molecule has 0 saturated heterocycles. The van der Waals surface area contributed by atoms with Gasteiger partial charge in [0.15, 0.2) is 0 Å². The maximum absolute atomic E-state index is 9.11. The number of nitrogens with zero attached hydrogens (tertiary/aromatic N) is 1. The van der Waals surface area contributed by atoms with Crippen LogP contribution in [0.5, 0.6) is 5.75 Å². The fourth-order valence-corrected chi connectivity index (χ4v) is 2.46. The number of hydrogen-bond donors (Lipinski definition) is 1. The molecule has 0 bridgehead atoms. The van der Waals surface area contributed by atoms with Gasteiger partial charge in [-0.05, 0) is 31.9 Å². The zero-order chi connectivity index (χ0) is 12.3. The zero-order valence-corrected chi connectivity index (χ0v) is 10.4. The van der Waals surface area contributed by atoms with Crippen molar-refractivity contribution in [2.24, 2.45) is 0 Å². The molecule has 1 fully saturated rings. The van der Waals surface area contributed by atoms with Gasteiger partial charge in [0.1, 0.15) is 11.8 Å². The molecule has 0 aliphatic heterocycles. The van der Waals surface area contributed by atoms with E-state index in [1.165, 1.54) is 12.8 Å². The second-order valence-electron chi connectivity index (χ2n) is 4.92. The Bertz CT molecular complexity index is 442. The minimum atomic E-state index is 0.123. The number of nitrogens with one attached hydrogen (secondary N) is 1. The lowest BCUT2D eigenvalue weighted by atomic mass is 9.99. The number of nitriles is 1. The first kappa shape index (κ1) is 11.8. The summed E-state index contributed by atoms with van der Waals surface area (Å²) in [5, 5.41) is 12.6. The van der Waals surface area contributed by atoms with Gasteiger partial charge in [-0.15, -0.1) is 0 Å². The standard InChI is InChI=1S/C14H18N2O/c1-14(7-3-4-8-14)16-13-9-12(17-2)6-5-11(13)10-15/h5-6,9,16H,3-4,7-8H2,1-2H3. The van der Waals surface area contributed by atoms with Crippen LogP contribution in [0.2, 0.25) is 0 Å². The van der Waals surface area contributed by atoms with Crippen LogP contribution in [0.3, 0.4) is 0 Å². The summed E-state index contributed by atoms with van der Waals surface area (Å²) in [6.07, 6.45) is 4.84. The Morgan fingerprint density at radius 1 is 1.35 bits per heavy atom. The van der Waals surface area contributed by atoms with Gasteiger partial charge in [0.25, 0.3) is 0 Å². The molecule has 1 saturated carbocycles. The highest BCUT2D eigenvalue weighted by molar-refractivity contribution is 5.61. The maximum Gasteiger partial charge on any atom is 0.121 e. The summed E-state index contributed by atoms with van der Waals surface area (Å²) in [7, 11) is 1.64. The third kappa shape index (κ3) is 2.52. The van der Waals surface area contributed by atoms with Crippen molar-refractivity contribution in [1.82, 2.24) is 0 Å². The fraction of sp³-hybridized carbons (Fsp3) is 0.500. The molecule has 0 heterocycles. The Morgan fingerprint density at radius 2 is 2.06 bits per heavy atom. The Labute approximate surface area is 102 Å². The Balaban J connectivity index is 2.27. The van der Waals surface area contributed by atoms with Gasteiger partial charge in [0.05, 0.1) is 18.4 Å². The summed E-state index contributed by atoms with van der Waals surface area (Å²) in [6.45, 7) is 2.22. The van der Waals surface area contributed by atoms with E-state index in [4.69, 9.17) is 10.00 Å². The normalized spacial score (nSPS) is 17.5. The molecule has 1 aromatic rings. The van der Waals surface area contributed by atoms with Crippen LogP contribution in [0, 0.1) is 11.3 Å². The van der Waals surface area contributed by atoms with Gasteiger partial charge in [-0.25, -0.2) is 0 Å². The highest BCUT2D eigenvalue weighted by atomic mass is 16.5. The molecule has 17 heavy (non-hydrogen) atoms. The minimum Gasteiger partial charge on any atom is -0.497 e. The van der Waals surface area contributed by atoms with E-state index in [0.717, 1.165) is 24.3 Å². The lowest BCUT2D eigenvalue weighted by molar-refractivity contribution is 0.414. The van der Waals surface area contributed by atoms with Gasteiger partial charge >= 0.3 is 0 Å². The Hall–Kier alpha value is -1.69. The topological polar surface area (TPSA) is 45.0 Å². The summed E-state index contributed by atoms with van der Waals surface area (Å²) < 4.78 is 5.20. The monoisotopic (exact) mass is 230 g/mol. The molecule has 1 aliphatic rings. The van der Waals surface area contributed by atoms with Gasteiger partial charge in [0.2, 0.25) is 0 Å². The second-order valence-corrected chi connectivity index (χ2v) is 4.92. The van der Waals surface area contributed by atoms with E-state index in [1.54, 1.807) is 13.2 Å². The minimum absolute atomic E-state index is 0.123. The van der Waals surface area contributed by atoms with Crippen LogP contribution >= 0.6 is 0 Å². The lowest BCUT2D eigenvalue weighted by Crippen LogP contribution is -2.31. The van der Waals surface area contributed by atoms with E-state index in [-0.39, 0.29) is 5.54 Å². The molecule has 90 valence electrons. The quantitative estimate of drug-likeness (QED) is 0.866. The average molecular weight is 230 g/mol. The van der Waals surface area contributed by atoms with Gasteiger partial charge in [0, 0.05) is 11.6 Å². The van der Waals surface area contributed by atoms with Crippen molar-refractivity contribution < 1.29 is 4.74 Å². The van der Waals surface area contributed by atoms with E-state index in [0.29, 0.717) is 5.56 Å². The van der Waals surface area contributed by atoms with Gasteiger partial charge in [-0.2, -0.15) is 5.26 Å². The molecular weight excluding hydrogens is 212 g/mol. The Kier molecular flexibility index (Phi) is 3.23. The van der Waals surface area contributed by atoms with Gasteiger partial charge in [-0.1, -0.05) is 12.8 Å². The molecule has 0 aromatic heterocycles. The van der Waals surface area contributed by atoms with Crippen LogP contribution in [0.15, 0.2) is 18.2 Å². The molecule has 1 aliphatic carbocycles. The van der Waals surface area contributed by atoms with Crippen molar-refractivity contribution in [1.29, 1.82) is 5.26 Å². The molecule has 3 nitrogen and oxygen atoms in total. The molecule has 2 rings (SSSR count). The second kappa shape index (κ2) is 4.67. The van der Waals surface area contributed by atoms with Crippen molar-refractivity contribution in [3.63, 3.8) is 0 Å². The molecule has 3 heteroatoms. The predicted octanol–water partition coefficient (Wildman–Crippen LogP) is 3.31. The number of hydrogen-bond acceptors (Lipinski definition) is 3. The highest BCUT2D eigenvalue weighted by Crippen LogP contribution is 2.34. The Morgan fingerprint density at radius 3 is 2.65 bits per heavy atom. The van der Waals surface area contributed by atoms with E-state index in [2.05, 4.69) is 18.3 Å². The van der Waals surface area contributed by atoms with Gasteiger partial charge in [-0.3, -0.25) is 0 Å². The smallest absolute Gasteiger partial charge is 0.121 e. The summed E-state index contributed by atoms with van der Waals surface area (Å²) in [4.78, 5) is 0. The molecule has 1 N–H and O–H groups in total. The summed E-state index contributed by atoms with van der Waals surface area (Å²) in [5.74, 6) is 0.785. The fourth-order valence-electron chi connectivity index (χ4n) is 2.46. The van der Waals surface area contributed by atoms with Crippen molar-refractivity contribution in [2.45, 2.75) is 38.1 Å². The lowest BCUT2D eigenvalue weighted by Gasteiger charge is -2.27. The molecule has 0 unspecified atom stereocenters. The highest BCUT2D eigenvalue weighted by Gasteiger charge is 2.28. The largest absolute Gasteiger partial charge is 0.497 e. The molecule has 0 radical (unpaired) electrons. The summed E-state index contributed by atoms with van der Waals surface area (Å²) >= 11 is 0. The SMILES string of the molecule is COc1ccc(C#N)c(NC2(C)CCCC2)c1. The first-order chi connectivity index (χ1) is 8.17. The van der Waals surface area contributed by atoms with Crippen LogP contribution < -0.4 is 10.1 Å². The van der Waals surface area contributed by atoms with Crippen LogP contribution in [0.1, 0.15) is 38.2 Å². The van der Waals surface area contributed by atoms with Crippen LogP contribution in [0.4, 0.5) is 5.69 Å². The van der Waals surface area contributed by atoms with Crippen LogP contribution in [-0.4, -0.2) is 12.6 Å². The molecule has 1 aromatic carbocycles. The van der Waals surface area contributed by atoms with Gasteiger partial charge < -0.3 is 10.1 Å². The molecular formula is C14H18N2O. The molecule has 0 amide bonds. The maximum atomic E-state index is 9.11. The van der Waals surface area contributed by atoms with Crippen molar-refractivity contribution >= 4 is 5.69 Å². The van der Waals surface area contributed by atoms with E-state index >= 15 is 0 Å². The first-order valence-corrected chi connectivity index (χ1v) is 6.03. The third-order valence-corrected chi connectivity index (χ3v) is 3.49. The number of ether oxygens (including phenoxy) is 1.